The van der Waals surface area contributed by atoms with Crippen molar-refractivity contribution in [2.45, 2.75) is 25.8 Å². The molecule has 0 bridgehead atoms. The minimum Gasteiger partial charge on any atom is -0.477 e. The van der Waals surface area contributed by atoms with Gasteiger partial charge in [0.15, 0.2) is 0 Å². The van der Waals surface area contributed by atoms with Crippen molar-refractivity contribution < 1.29 is 23.1 Å². The highest BCUT2D eigenvalue weighted by molar-refractivity contribution is 5.94. The highest BCUT2D eigenvalue weighted by Gasteiger charge is 2.24. The van der Waals surface area contributed by atoms with E-state index in [1.807, 2.05) is 11.8 Å². The van der Waals surface area contributed by atoms with E-state index in [9.17, 15) is 23.5 Å². The van der Waals surface area contributed by atoms with Crippen LogP contribution in [-0.4, -0.2) is 41.3 Å². The van der Waals surface area contributed by atoms with Crippen molar-refractivity contribution in [3.63, 3.8) is 0 Å². The van der Waals surface area contributed by atoms with Gasteiger partial charge < -0.3 is 19.9 Å². The van der Waals surface area contributed by atoms with E-state index in [4.69, 9.17) is 0 Å². The lowest BCUT2D eigenvalue weighted by Crippen LogP contribution is -2.42. The molecule has 1 aromatic heterocycles. The summed E-state index contributed by atoms with van der Waals surface area (Å²) in [5.41, 5.74) is -1.29. The standard InChI is InChI=1S/C23H22F3N3O3/c1-2-27-14-5-7-28(8-6-14)21-11-20-15(10-18(21)26)22(30)16(23(31)32)12-29(20)19-4-3-13(24)9-17(19)25/h3-4,9-12,14,27H,2,5-8H2,1H3,(H,31,32). The van der Waals surface area contributed by atoms with Crippen molar-refractivity contribution in [3.8, 4) is 5.69 Å². The van der Waals surface area contributed by atoms with E-state index in [0.717, 1.165) is 48.3 Å². The Bertz CT molecular complexity index is 1250. The van der Waals surface area contributed by atoms with E-state index in [-0.39, 0.29) is 22.3 Å². The number of carboxylic acids is 1. The largest absolute Gasteiger partial charge is 0.477 e. The molecule has 32 heavy (non-hydrogen) atoms. The van der Waals surface area contributed by atoms with Crippen LogP contribution in [0.15, 0.2) is 41.3 Å². The quantitative estimate of drug-likeness (QED) is 0.627. The number of pyridine rings is 1. The second kappa shape index (κ2) is 8.66. The summed E-state index contributed by atoms with van der Waals surface area (Å²) in [6.45, 7) is 4.04. The number of aromatic nitrogens is 1. The lowest BCUT2D eigenvalue weighted by atomic mass is 10.0. The average Bonchev–Trinajstić information content (AvgIpc) is 2.75. The number of halogens is 3. The lowest BCUT2D eigenvalue weighted by molar-refractivity contribution is 0.0695. The van der Waals surface area contributed by atoms with Gasteiger partial charge in [0, 0.05) is 36.8 Å². The first kappa shape index (κ1) is 21.9. The van der Waals surface area contributed by atoms with E-state index in [0.29, 0.717) is 25.2 Å². The van der Waals surface area contributed by atoms with E-state index in [1.54, 1.807) is 0 Å². The molecule has 1 saturated heterocycles. The molecule has 0 radical (unpaired) electrons. The van der Waals surface area contributed by atoms with Crippen LogP contribution in [0.3, 0.4) is 0 Å². The smallest absolute Gasteiger partial charge is 0.341 e. The van der Waals surface area contributed by atoms with Crippen LogP contribution < -0.4 is 15.6 Å². The highest BCUT2D eigenvalue weighted by atomic mass is 19.1. The number of rotatable bonds is 5. The Kier molecular flexibility index (Phi) is 5.92. The Labute approximate surface area is 181 Å². The van der Waals surface area contributed by atoms with Crippen LogP contribution in [0.5, 0.6) is 0 Å². The molecule has 1 fully saturated rings. The Morgan fingerprint density at radius 2 is 1.78 bits per heavy atom. The van der Waals surface area contributed by atoms with Gasteiger partial charge in [-0.2, -0.15) is 0 Å². The normalized spacial score (nSPS) is 14.8. The van der Waals surface area contributed by atoms with Gasteiger partial charge in [0.2, 0.25) is 5.43 Å². The minimum absolute atomic E-state index is 0.135. The topological polar surface area (TPSA) is 74.6 Å². The SMILES string of the molecule is CCNC1CCN(c2cc3c(cc2F)c(=O)c(C(=O)O)cn3-c2ccc(F)cc2F)CC1. The monoisotopic (exact) mass is 445 g/mol. The zero-order valence-electron chi connectivity index (χ0n) is 17.4. The van der Waals surface area contributed by atoms with E-state index < -0.39 is 34.4 Å². The molecule has 3 aromatic rings. The number of benzene rings is 2. The third kappa shape index (κ3) is 3.95. The fourth-order valence-electron chi connectivity index (χ4n) is 4.22. The molecule has 9 heteroatoms. The van der Waals surface area contributed by atoms with E-state index in [2.05, 4.69) is 5.32 Å². The molecule has 2 heterocycles. The third-order valence-corrected chi connectivity index (χ3v) is 5.80. The molecule has 168 valence electrons. The van der Waals surface area contributed by atoms with Gasteiger partial charge in [-0.05, 0) is 43.7 Å². The molecule has 0 spiro atoms. The highest BCUT2D eigenvalue weighted by Crippen LogP contribution is 2.29. The summed E-state index contributed by atoms with van der Waals surface area (Å²) in [7, 11) is 0. The summed E-state index contributed by atoms with van der Waals surface area (Å²) in [6.07, 6.45) is 2.60. The van der Waals surface area contributed by atoms with E-state index >= 15 is 4.39 Å². The third-order valence-electron chi connectivity index (χ3n) is 5.80. The number of hydrogen-bond acceptors (Lipinski definition) is 4. The Hall–Kier alpha value is -3.33. The van der Waals surface area contributed by atoms with Gasteiger partial charge in [-0.1, -0.05) is 6.92 Å². The van der Waals surface area contributed by atoms with Crippen LogP contribution in [0.2, 0.25) is 0 Å². The number of piperidine rings is 1. The van der Waals surface area contributed by atoms with Crippen LogP contribution in [-0.2, 0) is 0 Å². The number of carboxylic acid groups (broad SMARTS) is 1. The van der Waals surface area contributed by atoms with Crippen molar-refractivity contribution in [1.82, 2.24) is 9.88 Å². The van der Waals surface area contributed by atoms with Crippen LogP contribution in [0.25, 0.3) is 16.6 Å². The summed E-state index contributed by atoms with van der Waals surface area (Å²) >= 11 is 0. The molecule has 0 unspecified atom stereocenters. The van der Waals surface area contributed by atoms with Crippen LogP contribution in [0.1, 0.15) is 30.1 Å². The number of hydrogen-bond donors (Lipinski definition) is 2. The second-order valence-corrected chi connectivity index (χ2v) is 7.78. The Morgan fingerprint density at radius 3 is 2.41 bits per heavy atom. The number of anilines is 1. The number of nitrogens with zero attached hydrogens (tertiary/aromatic N) is 2. The fraction of sp³-hybridized carbons (Fsp3) is 0.304. The molecular weight excluding hydrogens is 423 g/mol. The molecule has 0 saturated carbocycles. The molecular formula is C23H22F3N3O3. The van der Waals surface area contributed by atoms with Gasteiger partial charge >= 0.3 is 5.97 Å². The fourth-order valence-corrected chi connectivity index (χ4v) is 4.22. The maximum absolute atomic E-state index is 15.1. The summed E-state index contributed by atoms with van der Waals surface area (Å²) in [4.78, 5) is 26.2. The molecule has 1 aliphatic rings. The molecule has 0 amide bonds. The van der Waals surface area contributed by atoms with Gasteiger partial charge in [0.05, 0.1) is 16.9 Å². The van der Waals surface area contributed by atoms with Gasteiger partial charge in [-0.15, -0.1) is 0 Å². The summed E-state index contributed by atoms with van der Waals surface area (Å²) in [5.74, 6) is -3.93. The van der Waals surface area contributed by atoms with Gasteiger partial charge in [-0.3, -0.25) is 4.79 Å². The zero-order valence-corrected chi connectivity index (χ0v) is 17.4. The maximum atomic E-state index is 15.1. The molecule has 0 atom stereocenters. The first-order valence-corrected chi connectivity index (χ1v) is 10.4. The van der Waals surface area contributed by atoms with Crippen molar-refractivity contribution >= 4 is 22.6 Å². The number of aromatic carboxylic acids is 1. The molecule has 2 N–H and O–H groups in total. The van der Waals surface area contributed by atoms with Gasteiger partial charge in [-0.25, -0.2) is 18.0 Å². The van der Waals surface area contributed by atoms with Crippen molar-refractivity contribution in [2.75, 3.05) is 24.5 Å². The first-order chi connectivity index (χ1) is 15.3. The molecule has 4 rings (SSSR count). The predicted molar refractivity (Wildman–Crippen MR) is 115 cm³/mol. The van der Waals surface area contributed by atoms with Gasteiger partial charge in [0.25, 0.3) is 0 Å². The van der Waals surface area contributed by atoms with Crippen molar-refractivity contribution in [3.05, 3.63) is 69.8 Å². The Balaban J connectivity index is 1.90. The number of carbonyl (C=O) groups is 1. The second-order valence-electron chi connectivity index (χ2n) is 7.78. The van der Waals surface area contributed by atoms with Crippen LogP contribution >= 0.6 is 0 Å². The number of nitrogens with one attached hydrogen (secondary N) is 1. The maximum Gasteiger partial charge on any atom is 0.341 e. The average molecular weight is 445 g/mol. The minimum atomic E-state index is -1.52. The van der Waals surface area contributed by atoms with Crippen molar-refractivity contribution in [1.29, 1.82) is 0 Å². The summed E-state index contributed by atoms with van der Waals surface area (Å²) in [5, 5.41) is 12.6. The lowest BCUT2D eigenvalue weighted by Gasteiger charge is -2.34. The summed E-state index contributed by atoms with van der Waals surface area (Å²) < 4.78 is 44.2. The van der Waals surface area contributed by atoms with Crippen LogP contribution in [0, 0.1) is 17.5 Å². The predicted octanol–water partition coefficient (Wildman–Crippen LogP) is 3.68. The van der Waals surface area contributed by atoms with Gasteiger partial charge in [0.1, 0.15) is 23.0 Å². The molecule has 2 aromatic carbocycles. The molecule has 0 aliphatic carbocycles. The number of fused-ring (bicyclic) bond motifs is 1. The van der Waals surface area contributed by atoms with Crippen molar-refractivity contribution in [2.24, 2.45) is 0 Å². The van der Waals surface area contributed by atoms with E-state index in [1.165, 1.54) is 6.07 Å². The molecule has 1 aliphatic heterocycles. The zero-order chi connectivity index (χ0) is 23.0. The Morgan fingerprint density at radius 1 is 1.09 bits per heavy atom. The first-order valence-electron chi connectivity index (χ1n) is 10.4. The molecule has 6 nitrogen and oxygen atoms in total. The summed E-state index contributed by atoms with van der Waals surface area (Å²) in [6, 6.07) is 5.59. The van der Waals surface area contributed by atoms with Crippen LogP contribution in [0.4, 0.5) is 18.9 Å².